The van der Waals surface area contributed by atoms with E-state index >= 15 is 0 Å². The van der Waals surface area contributed by atoms with E-state index in [0.29, 0.717) is 17.5 Å². The molecule has 3 heterocycles. The molecular formula is C63H37N3OS. The summed E-state index contributed by atoms with van der Waals surface area (Å²) < 4.78 is 9.38. The lowest BCUT2D eigenvalue weighted by atomic mass is 9.90. The van der Waals surface area contributed by atoms with Crippen LogP contribution in [0.15, 0.2) is 229 Å². The second kappa shape index (κ2) is 15.4. The highest BCUT2D eigenvalue weighted by atomic mass is 32.1. The Kier molecular flexibility index (Phi) is 8.73. The van der Waals surface area contributed by atoms with Gasteiger partial charge in [0, 0.05) is 53.2 Å². The number of hydrogen-bond donors (Lipinski definition) is 0. The highest BCUT2D eigenvalue weighted by molar-refractivity contribution is 7.25. The lowest BCUT2D eigenvalue weighted by Gasteiger charge is -2.14. The standard InChI is InChI=1S/C63H37N3OS/c1-2-14-42-34-44(29-24-38(42)12-1)61-64-62(45-30-33-58-55(36-45)51-19-8-10-23-57(51)68-58)66-63(65-61)46-35-43-15-4-6-18-49(43)54(37-46)52-32-31-50(60-59(52)53-20-7-9-22-56(53)67-60)41-27-25-40(26-28-41)48-21-11-16-39-13-3-5-17-47(39)48/h1-37H. The minimum absolute atomic E-state index is 0.608. The summed E-state index contributed by atoms with van der Waals surface area (Å²) in [7, 11) is 0. The lowest BCUT2D eigenvalue weighted by Crippen LogP contribution is -2.00. The van der Waals surface area contributed by atoms with E-state index in [4.69, 9.17) is 19.4 Å². The van der Waals surface area contributed by atoms with Crippen LogP contribution >= 0.6 is 11.3 Å². The maximum Gasteiger partial charge on any atom is 0.164 e. The summed E-state index contributed by atoms with van der Waals surface area (Å²) in [6.45, 7) is 0. The number of aromatic nitrogens is 3. The van der Waals surface area contributed by atoms with Crippen LogP contribution in [0.3, 0.4) is 0 Å². The minimum Gasteiger partial charge on any atom is -0.455 e. The van der Waals surface area contributed by atoms with Crippen LogP contribution in [-0.4, -0.2) is 15.0 Å². The third-order valence-corrected chi connectivity index (χ3v) is 14.7. The van der Waals surface area contributed by atoms with Crippen molar-refractivity contribution in [2.45, 2.75) is 0 Å². The summed E-state index contributed by atoms with van der Waals surface area (Å²) in [4.78, 5) is 15.9. The van der Waals surface area contributed by atoms with Crippen molar-refractivity contribution in [3.63, 3.8) is 0 Å². The molecule has 0 atom stereocenters. The molecule has 5 heteroatoms. The second-order valence-electron chi connectivity index (χ2n) is 17.5. The van der Waals surface area contributed by atoms with Gasteiger partial charge >= 0.3 is 0 Å². The zero-order valence-electron chi connectivity index (χ0n) is 36.5. The van der Waals surface area contributed by atoms with Crippen molar-refractivity contribution in [2.24, 2.45) is 0 Å². The SMILES string of the molecule is c1ccc2cc(-c3nc(-c4cc(-c5ccc(-c6ccc(-c7cccc8ccccc78)cc6)c6oc7ccccc7c56)c5ccccc5c4)nc(-c4ccc5sc6ccccc6c5c4)n3)ccc2c1. The Labute approximate surface area is 395 Å². The number of rotatable bonds is 6. The largest absolute Gasteiger partial charge is 0.455 e. The van der Waals surface area contributed by atoms with Gasteiger partial charge in [0.25, 0.3) is 0 Å². The first kappa shape index (κ1) is 38.5. The van der Waals surface area contributed by atoms with Crippen molar-refractivity contribution >= 4 is 85.8 Å². The third-order valence-electron chi connectivity index (χ3n) is 13.5. The molecule has 0 saturated carbocycles. The quantitative estimate of drug-likeness (QED) is 0.167. The van der Waals surface area contributed by atoms with Crippen molar-refractivity contribution in [1.82, 2.24) is 15.0 Å². The van der Waals surface area contributed by atoms with Crippen LogP contribution in [-0.2, 0) is 0 Å². The summed E-state index contributed by atoms with van der Waals surface area (Å²) in [5.74, 6) is 1.86. The molecule has 0 spiro atoms. The van der Waals surface area contributed by atoms with Crippen molar-refractivity contribution in [1.29, 1.82) is 0 Å². The van der Waals surface area contributed by atoms with E-state index in [-0.39, 0.29) is 0 Å². The first-order valence-corrected chi connectivity index (χ1v) is 23.7. The van der Waals surface area contributed by atoms with Gasteiger partial charge in [0.15, 0.2) is 17.5 Å². The smallest absolute Gasteiger partial charge is 0.164 e. The van der Waals surface area contributed by atoms with Crippen LogP contribution in [0.4, 0.5) is 0 Å². The van der Waals surface area contributed by atoms with E-state index in [9.17, 15) is 0 Å². The molecule has 0 aliphatic carbocycles. The maximum atomic E-state index is 6.88. The van der Waals surface area contributed by atoms with E-state index < -0.39 is 0 Å². The highest BCUT2D eigenvalue weighted by Crippen LogP contribution is 2.45. The summed E-state index contributed by atoms with van der Waals surface area (Å²) in [6, 6.07) is 80.0. The van der Waals surface area contributed by atoms with Crippen LogP contribution in [0, 0.1) is 0 Å². The van der Waals surface area contributed by atoms with Gasteiger partial charge in [-0.2, -0.15) is 0 Å². The maximum absolute atomic E-state index is 6.88. The van der Waals surface area contributed by atoms with Gasteiger partial charge in [-0.15, -0.1) is 11.3 Å². The van der Waals surface area contributed by atoms with Crippen LogP contribution in [0.25, 0.3) is 142 Å². The van der Waals surface area contributed by atoms with Crippen molar-refractivity contribution < 1.29 is 4.42 Å². The fraction of sp³-hybridized carbons (Fsp3) is 0. The normalized spacial score (nSPS) is 11.8. The first-order valence-electron chi connectivity index (χ1n) is 22.9. The van der Waals surface area contributed by atoms with Crippen molar-refractivity contribution in [3.8, 4) is 67.5 Å². The zero-order chi connectivity index (χ0) is 44.7. The van der Waals surface area contributed by atoms with Crippen LogP contribution in [0.2, 0.25) is 0 Å². The average Bonchev–Trinajstić information content (AvgIpc) is 3.99. The van der Waals surface area contributed by atoms with Crippen LogP contribution in [0.1, 0.15) is 0 Å². The second-order valence-corrected chi connectivity index (χ2v) is 18.6. The third kappa shape index (κ3) is 6.32. The summed E-state index contributed by atoms with van der Waals surface area (Å²) in [6.07, 6.45) is 0. The molecule has 0 amide bonds. The number of fused-ring (bicyclic) bond motifs is 9. The van der Waals surface area contributed by atoms with Gasteiger partial charge in [-0.05, 0) is 115 Å². The van der Waals surface area contributed by atoms with Gasteiger partial charge in [-0.25, -0.2) is 15.0 Å². The minimum atomic E-state index is 0.608. The number of benzene rings is 11. The number of furan rings is 1. The molecule has 0 aliphatic rings. The van der Waals surface area contributed by atoms with Crippen LogP contribution < -0.4 is 0 Å². The molecule has 0 aliphatic heterocycles. The highest BCUT2D eigenvalue weighted by Gasteiger charge is 2.21. The average molecular weight is 884 g/mol. The molecule has 14 rings (SSSR count). The predicted molar refractivity (Wildman–Crippen MR) is 285 cm³/mol. The Balaban J connectivity index is 0.958. The topological polar surface area (TPSA) is 51.8 Å². The predicted octanol–water partition coefficient (Wildman–Crippen LogP) is 17.6. The molecule has 0 bridgehead atoms. The van der Waals surface area contributed by atoms with Crippen molar-refractivity contribution in [2.75, 3.05) is 0 Å². The number of nitrogens with zero attached hydrogens (tertiary/aromatic N) is 3. The van der Waals surface area contributed by atoms with E-state index in [1.165, 1.54) is 47.5 Å². The van der Waals surface area contributed by atoms with Gasteiger partial charge in [0.2, 0.25) is 0 Å². The Morgan fingerprint density at radius 1 is 0.294 bits per heavy atom. The molecule has 68 heavy (non-hydrogen) atoms. The molecule has 11 aromatic carbocycles. The number of thiophene rings is 1. The summed E-state index contributed by atoms with van der Waals surface area (Å²) >= 11 is 1.81. The molecule has 0 unspecified atom stereocenters. The molecular weight excluding hydrogens is 847 g/mol. The lowest BCUT2D eigenvalue weighted by molar-refractivity contribution is 0.670. The molecule has 316 valence electrons. The van der Waals surface area contributed by atoms with E-state index in [2.05, 4.69) is 218 Å². The van der Waals surface area contributed by atoms with E-state index in [0.717, 1.165) is 77.0 Å². The van der Waals surface area contributed by atoms with Gasteiger partial charge in [0.05, 0.1) is 0 Å². The van der Waals surface area contributed by atoms with Gasteiger partial charge in [-0.3, -0.25) is 0 Å². The monoisotopic (exact) mass is 883 g/mol. The summed E-state index contributed by atoms with van der Waals surface area (Å²) in [5.41, 5.74) is 11.2. The van der Waals surface area contributed by atoms with Gasteiger partial charge in [-0.1, -0.05) is 170 Å². The fourth-order valence-corrected chi connectivity index (χ4v) is 11.3. The zero-order valence-corrected chi connectivity index (χ0v) is 37.3. The van der Waals surface area contributed by atoms with E-state index in [1.807, 2.05) is 17.4 Å². The molecule has 0 radical (unpaired) electrons. The number of para-hydroxylation sites is 1. The van der Waals surface area contributed by atoms with Gasteiger partial charge < -0.3 is 4.42 Å². The Hall–Kier alpha value is -8.77. The van der Waals surface area contributed by atoms with Gasteiger partial charge in [0.1, 0.15) is 11.2 Å². The molecule has 3 aromatic heterocycles. The molecule has 0 fully saturated rings. The number of hydrogen-bond acceptors (Lipinski definition) is 5. The Bertz CT molecular complexity index is 4330. The summed E-state index contributed by atoms with van der Waals surface area (Å²) in [5, 5.41) is 11.6. The molecule has 14 aromatic rings. The molecule has 4 nitrogen and oxygen atoms in total. The van der Waals surface area contributed by atoms with Crippen LogP contribution in [0.5, 0.6) is 0 Å². The van der Waals surface area contributed by atoms with E-state index in [1.54, 1.807) is 0 Å². The van der Waals surface area contributed by atoms with Crippen molar-refractivity contribution in [3.05, 3.63) is 224 Å². The molecule has 0 N–H and O–H groups in total. The Morgan fingerprint density at radius 3 is 1.65 bits per heavy atom. The fourth-order valence-electron chi connectivity index (χ4n) is 10.2. The first-order chi connectivity index (χ1) is 33.7. The molecule has 0 saturated heterocycles. The Morgan fingerprint density at radius 2 is 0.838 bits per heavy atom.